The Bertz CT molecular complexity index is 300. The van der Waals surface area contributed by atoms with Gasteiger partial charge in [0.1, 0.15) is 18.5 Å². The molecule has 17 heavy (non-hydrogen) atoms. The number of ether oxygens (including phenoxy) is 2. The van der Waals surface area contributed by atoms with E-state index in [1.807, 2.05) is 0 Å². The number of anilines is 1. The number of unbranched alkanes of at least 4 members (excludes halogenated alkanes) is 1. The highest BCUT2D eigenvalue weighted by atomic mass is 16.5. The van der Waals surface area contributed by atoms with Crippen LogP contribution in [0.15, 0.2) is 24.3 Å². The van der Waals surface area contributed by atoms with Gasteiger partial charge in [0.25, 0.3) is 0 Å². The van der Waals surface area contributed by atoms with Gasteiger partial charge in [0.05, 0.1) is 6.61 Å². The number of aliphatic hydroxyl groups is 1. The molecule has 1 atom stereocenters. The van der Waals surface area contributed by atoms with E-state index in [1.54, 1.807) is 24.3 Å². The first-order valence-corrected chi connectivity index (χ1v) is 5.96. The van der Waals surface area contributed by atoms with Crippen molar-refractivity contribution in [3.8, 4) is 5.75 Å². The summed E-state index contributed by atoms with van der Waals surface area (Å²) in [5.74, 6) is 0.701. The number of hydrogen-bond donors (Lipinski definition) is 2. The molecule has 96 valence electrons. The first-order chi connectivity index (χ1) is 8.22. The Labute approximate surface area is 102 Å². The summed E-state index contributed by atoms with van der Waals surface area (Å²) in [6.07, 6.45) is 1.52. The molecule has 0 saturated heterocycles. The molecule has 1 aromatic rings. The second-order valence-electron chi connectivity index (χ2n) is 3.96. The molecule has 1 rings (SSSR count). The normalized spacial score (nSPS) is 12.4. The fourth-order valence-corrected chi connectivity index (χ4v) is 1.27. The second kappa shape index (κ2) is 7.92. The number of nitrogens with two attached hydrogens (primary N) is 1. The molecule has 0 radical (unpaired) electrons. The molecule has 0 amide bonds. The van der Waals surface area contributed by atoms with Crippen molar-refractivity contribution in [3.63, 3.8) is 0 Å². The Morgan fingerprint density at radius 3 is 2.59 bits per heavy atom. The second-order valence-corrected chi connectivity index (χ2v) is 3.96. The highest BCUT2D eigenvalue weighted by Crippen LogP contribution is 2.13. The van der Waals surface area contributed by atoms with Crippen LogP contribution in [0.5, 0.6) is 5.75 Å². The van der Waals surface area contributed by atoms with Gasteiger partial charge in [0.15, 0.2) is 0 Å². The Morgan fingerprint density at radius 2 is 1.94 bits per heavy atom. The molecule has 0 aliphatic carbocycles. The molecule has 4 heteroatoms. The van der Waals surface area contributed by atoms with Gasteiger partial charge in [0.2, 0.25) is 0 Å². The monoisotopic (exact) mass is 239 g/mol. The number of aliphatic hydroxyl groups excluding tert-OH is 1. The van der Waals surface area contributed by atoms with E-state index in [0.29, 0.717) is 24.7 Å². The zero-order valence-corrected chi connectivity index (χ0v) is 10.3. The minimum absolute atomic E-state index is 0.232. The topological polar surface area (TPSA) is 64.7 Å². The predicted octanol–water partition coefficient (Wildman–Crippen LogP) is 1.83. The van der Waals surface area contributed by atoms with E-state index < -0.39 is 6.10 Å². The van der Waals surface area contributed by atoms with Crippen LogP contribution in [0, 0.1) is 0 Å². The maximum absolute atomic E-state index is 9.59. The first kappa shape index (κ1) is 13.8. The zero-order valence-electron chi connectivity index (χ0n) is 10.3. The molecule has 1 aromatic carbocycles. The van der Waals surface area contributed by atoms with Crippen molar-refractivity contribution < 1.29 is 14.6 Å². The largest absolute Gasteiger partial charge is 0.491 e. The maximum Gasteiger partial charge on any atom is 0.119 e. The van der Waals surface area contributed by atoms with Crippen molar-refractivity contribution in [1.82, 2.24) is 0 Å². The summed E-state index contributed by atoms with van der Waals surface area (Å²) in [5.41, 5.74) is 6.25. The van der Waals surface area contributed by atoms with Crippen molar-refractivity contribution >= 4 is 5.69 Å². The molecule has 0 heterocycles. The van der Waals surface area contributed by atoms with Crippen LogP contribution in [0.1, 0.15) is 19.8 Å². The summed E-state index contributed by atoms with van der Waals surface area (Å²) in [6.45, 7) is 3.34. The molecule has 0 fully saturated rings. The van der Waals surface area contributed by atoms with E-state index in [2.05, 4.69) is 6.92 Å². The predicted molar refractivity (Wildman–Crippen MR) is 68.1 cm³/mol. The van der Waals surface area contributed by atoms with E-state index in [-0.39, 0.29) is 6.61 Å². The fraction of sp³-hybridized carbons (Fsp3) is 0.538. The molecule has 0 aliphatic heterocycles. The SMILES string of the molecule is CCCCOCC(O)COc1ccc(N)cc1. The van der Waals surface area contributed by atoms with Gasteiger partial charge >= 0.3 is 0 Å². The van der Waals surface area contributed by atoms with Gasteiger partial charge in [-0.3, -0.25) is 0 Å². The Kier molecular flexibility index (Phi) is 6.43. The van der Waals surface area contributed by atoms with E-state index in [0.717, 1.165) is 12.8 Å². The van der Waals surface area contributed by atoms with E-state index >= 15 is 0 Å². The van der Waals surface area contributed by atoms with Gasteiger partial charge in [-0.1, -0.05) is 13.3 Å². The van der Waals surface area contributed by atoms with Crippen molar-refractivity contribution in [3.05, 3.63) is 24.3 Å². The quantitative estimate of drug-likeness (QED) is 0.536. The van der Waals surface area contributed by atoms with Gasteiger partial charge in [-0.05, 0) is 30.7 Å². The average Bonchev–Trinajstić information content (AvgIpc) is 2.34. The lowest BCUT2D eigenvalue weighted by Gasteiger charge is -2.12. The minimum Gasteiger partial charge on any atom is -0.491 e. The van der Waals surface area contributed by atoms with Crippen LogP contribution in [-0.4, -0.2) is 31.0 Å². The molecule has 3 N–H and O–H groups in total. The fourth-order valence-electron chi connectivity index (χ4n) is 1.27. The molecular weight excluding hydrogens is 218 g/mol. The average molecular weight is 239 g/mol. The van der Waals surface area contributed by atoms with Gasteiger partial charge in [-0.15, -0.1) is 0 Å². The lowest BCUT2D eigenvalue weighted by atomic mass is 10.3. The lowest BCUT2D eigenvalue weighted by molar-refractivity contribution is 0.0113. The number of rotatable bonds is 8. The summed E-state index contributed by atoms with van der Waals surface area (Å²) in [6, 6.07) is 7.08. The summed E-state index contributed by atoms with van der Waals surface area (Å²) in [4.78, 5) is 0. The van der Waals surface area contributed by atoms with Gasteiger partial charge in [0, 0.05) is 12.3 Å². The first-order valence-electron chi connectivity index (χ1n) is 5.96. The molecule has 0 saturated carbocycles. The van der Waals surface area contributed by atoms with Crippen LogP contribution >= 0.6 is 0 Å². The summed E-state index contributed by atoms with van der Waals surface area (Å²) in [5, 5.41) is 9.59. The van der Waals surface area contributed by atoms with E-state index in [9.17, 15) is 5.11 Å². The summed E-state index contributed by atoms with van der Waals surface area (Å²) in [7, 11) is 0. The smallest absolute Gasteiger partial charge is 0.119 e. The van der Waals surface area contributed by atoms with E-state index in [4.69, 9.17) is 15.2 Å². The van der Waals surface area contributed by atoms with Crippen LogP contribution in [0.25, 0.3) is 0 Å². The summed E-state index contributed by atoms with van der Waals surface area (Å²) < 4.78 is 10.7. The van der Waals surface area contributed by atoms with Crippen molar-refractivity contribution in [1.29, 1.82) is 0 Å². The van der Waals surface area contributed by atoms with Gasteiger partial charge in [-0.25, -0.2) is 0 Å². The molecule has 0 spiro atoms. The van der Waals surface area contributed by atoms with Crippen LogP contribution in [0.3, 0.4) is 0 Å². The molecule has 0 bridgehead atoms. The summed E-state index contributed by atoms with van der Waals surface area (Å²) >= 11 is 0. The molecule has 4 nitrogen and oxygen atoms in total. The maximum atomic E-state index is 9.59. The zero-order chi connectivity index (χ0) is 12.5. The molecule has 0 aromatic heterocycles. The van der Waals surface area contributed by atoms with Crippen molar-refractivity contribution in [2.45, 2.75) is 25.9 Å². The number of nitrogen functional groups attached to an aromatic ring is 1. The van der Waals surface area contributed by atoms with Crippen molar-refractivity contribution in [2.75, 3.05) is 25.6 Å². The third-order valence-electron chi connectivity index (χ3n) is 2.27. The van der Waals surface area contributed by atoms with Gasteiger partial charge < -0.3 is 20.3 Å². The van der Waals surface area contributed by atoms with Crippen LogP contribution < -0.4 is 10.5 Å². The third kappa shape index (κ3) is 6.14. The Morgan fingerprint density at radius 1 is 1.24 bits per heavy atom. The van der Waals surface area contributed by atoms with E-state index in [1.165, 1.54) is 0 Å². The number of benzene rings is 1. The highest BCUT2D eigenvalue weighted by Gasteiger charge is 2.05. The third-order valence-corrected chi connectivity index (χ3v) is 2.27. The Balaban J connectivity index is 2.14. The van der Waals surface area contributed by atoms with Crippen LogP contribution in [0.2, 0.25) is 0 Å². The van der Waals surface area contributed by atoms with Crippen LogP contribution in [-0.2, 0) is 4.74 Å². The van der Waals surface area contributed by atoms with Gasteiger partial charge in [-0.2, -0.15) is 0 Å². The highest BCUT2D eigenvalue weighted by molar-refractivity contribution is 5.41. The molecule has 1 unspecified atom stereocenters. The van der Waals surface area contributed by atoms with Crippen LogP contribution in [0.4, 0.5) is 5.69 Å². The minimum atomic E-state index is -0.593. The molecular formula is C13H21NO3. The van der Waals surface area contributed by atoms with Crippen molar-refractivity contribution in [2.24, 2.45) is 0 Å². The standard InChI is InChI=1S/C13H21NO3/c1-2-3-8-16-9-12(15)10-17-13-6-4-11(14)5-7-13/h4-7,12,15H,2-3,8-10,14H2,1H3. The lowest BCUT2D eigenvalue weighted by Crippen LogP contribution is -2.23. The number of hydrogen-bond acceptors (Lipinski definition) is 4. The molecule has 0 aliphatic rings. The Hall–Kier alpha value is -1.26.